The van der Waals surface area contributed by atoms with E-state index in [0.717, 1.165) is 18.2 Å². The molecule has 5 aromatic rings. The Morgan fingerprint density at radius 1 is 0.816 bits per heavy atom. The standard InChI is InChI=1S/C31H11BrClF9N4O3/c32-27-25-20(11-43)24(26(47)19-9-16(34)1-2-21(19)33)22(44-28(48)12-3-14(30(37,38)39)7-17(35)5-12)10-23(25)46(45-27)29(49)13-4-15(31(40,41)42)8-18(36)6-13/h1-10H,(H,44,48). The first-order chi connectivity index (χ1) is 22.8. The van der Waals surface area contributed by atoms with Gasteiger partial charge in [0.25, 0.3) is 11.8 Å². The van der Waals surface area contributed by atoms with Gasteiger partial charge in [-0.2, -0.15) is 41.4 Å². The molecule has 1 amide bonds. The average molecular weight is 774 g/mol. The molecule has 1 heterocycles. The van der Waals surface area contributed by atoms with Gasteiger partial charge in [0.2, 0.25) is 0 Å². The second-order valence-corrected chi connectivity index (χ2v) is 11.2. The van der Waals surface area contributed by atoms with Crippen LogP contribution >= 0.6 is 27.5 Å². The van der Waals surface area contributed by atoms with Crippen LogP contribution in [-0.2, 0) is 12.4 Å². The number of ketones is 1. The van der Waals surface area contributed by atoms with E-state index in [1.807, 2.05) is 0 Å². The van der Waals surface area contributed by atoms with Crippen molar-refractivity contribution in [1.29, 1.82) is 5.26 Å². The molecule has 0 aliphatic heterocycles. The predicted molar refractivity (Wildman–Crippen MR) is 157 cm³/mol. The number of amides is 1. The smallest absolute Gasteiger partial charge is 0.321 e. The summed E-state index contributed by atoms with van der Waals surface area (Å²) in [7, 11) is 0. The number of alkyl halides is 6. The number of nitriles is 1. The summed E-state index contributed by atoms with van der Waals surface area (Å²) in [5, 5.41) is 15.5. The molecule has 49 heavy (non-hydrogen) atoms. The Balaban J connectivity index is 1.78. The number of benzene rings is 4. The van der Waals surface area contributed by atoms with Crippen molar-refractivity contribution in [2.75, 3.05) is 5.32 Å². The Morgan fingerprint density at radius 3 is 1.96 bits per heavy atom. The van der Waals surface area contributed by atoms with Crippen molar-refractivity contribution < 1.29 is 53.9 Å². The van der Waals surface area contributed by atoms with E-state index in [2.05, 4.69) is 26.3 Å². The summed E-state index contributed by atoms with van der Waals surface area (Å²) in [6, 6.07) is 6.72. The molecule has 18 heteroatoms. The highest BCUT2D eigenvalue weighted by Gasteiger charge is 2.34. The molecule has 4 aromatic carbocycles. The van der Waals surface area contributed by atoms with E-state index in [1.54, 1.807) is 6.07 Å². The number of carbonyl (C=O) groups excluding carboxylic acids is 3. The molecular formula is C31H11BrClF9N4O3. The van der Waals surface area contributed by atoms with Gasteiger partial charge < -0.3 is 5.32 Å². The van der Waals surface area contributed by atoms with Crippen LogP contribution in [0.15, 0.2) is 65.3 Å². The van der Waals surface area contributed by atoms with Crippen molar-refractivity contribution in [1.82, 2.24) is 9.78 Å². The fraction of sp³-hybridized carbons (Fsp3) is 0.0645. The molecule has 7 nitrogen and oxygen atoms in total. The number of hydrogen-bond acceptors (Lipinski definition) is 5. The summed E-state index contributed by atoms with van der Waals surface area (Å²) >= 11 is 9.10. The van der Waals surface area contributed by atoms with Gasteiger partial charge in [0.05, 0.1) is 43.9 Å². The third kappa shape index (κ3) is 6.87. The normalized spacial score (nSPS) is 11.8. The zero-order valence-electron chi connectivity index (χ0n) is 23.5. The number of hydrogen-bond donors (Lipinski definition) is 1. The number of carbonyl (C=O) groups is 3. The quantitative estimate of drug-likeness (QED) is 0.142. The highest BCUT2D eigenvalue weighted by Crippen LogP contribution is 2.38. The van der Waals surface area contributed by atoms with Crippen LogP contribution < -0.4 is 5.32 Å². The van der Waals surface area contributed by atoms with Crippen molar-refractivity contribution >= 4 is 61.7 Å². The second kappa shape index (κ2) is 12.7. The first kappa shape index (κ1) is 35.1. The Bertz CT molecular complexity index is 2280. The molecule has 1 aromatic heterocycles. The Labute approximate surface area is 280 Å². The first-order valence-corrected chi connectivity index (χ1v) is 14.2. The number of nitrogens with one attached hydrogen (secondary N) is 1. The van der Waals surface area contributed by atoms with Gasteiger partial charge in [-0.15, -0.1) is 0 Å². The molecule has 0 bridgehead atoms. The number of rotatable bonds is 5. The van der Waals surface area contributed by atoms with Gasteiger partial charge >= 0.3 is 12.4 Å². The Morgan fingerprint density at radius 2 is 1.39 bits per heavy atom. The van der Waals surface area contributed by atoms with Crippen LogP contribution in [0.2, 0.25) is 5.02 Å². The number of nitrogens with zero attached hydrogens (tertiary/aromatic N) is 3. The highest BCUT2D eigenvalue weighted by molar-refractivity contribution is 9.10. The molecule has 0 saturated carbocycles. The van der Waals surface area contributed by atoms with Crippen molar-refractivity contribution in [3.05, 3.63) is 127 Å². The molecule has 0 atom stereocenters. The maximum Gasteiger partial charge on any atom is 0.416 e. The maximum absolute atomic E-state index is 14.2. The van der Waals surface area contributed by atoms with E-state index in [9.17, 15) is 59.2 Å². The SMILES string of the molecule is N#Cc1c(C(=O)c2cc(F)ccc2Cl)c(NC(=O)c2cc(F)cc(C(F)(F)F)c2)cc2c1c(Br)nn2C(=O)c1cc(F)cc(C(F)(F)F)c1. The van der Waals surface area contributed by atoms with Crippen molar-refractivity contribution in [2.45, 2.75) is 12.4 Å². The van der Waals surface area contributed by atoms with Crippen LogP contribution in [0.25, 0.3) is 10.9 Å². The lowest BCUT2D eigenvalue weighted by molar-refractivity contribution is -0.138. The van der Waals surface area contributed by atoms with E-state index < -0.39 is 97.6 Å². The topological polar surface area (TPSA) is 105 Å². The minimum absolute atomic E-state index is 0.107. The molecule has 250 valence electrons. The highest BCUT2D eigenvalue weighted by atomic mass is 79.9. The summed E-state index contributed by atoms with van der Waals surface area (Å²) in [4.78, 5) is 40.6. The molecule has 0 aliphatic rings. The summed E-state index contributed by atoms with van der Waals surface area (Å²) in [5.41, 5.74) is -8.10. The monoisotopic (exact) mass is 772 g/mol. The van der Waals surface area contributed by atoms with Gasteiger partial charge in [0.1, 0.15) is 28.1 Å². The van der Waals surface area contributed by atoms with Crippen LogP contribution in [0.1, 0.15) is 53.3 Å². The fourth-order valence-electron chi connectivity index (χ4n) is 4.72. The minimum Gasteiger partial charge on any atom is -0.321 e. The minimum atomic E-state index is -5.10. The fourth-order valence-corrected chi connectivity index (χ4v) is 5.48. The van der Waals surface area contributed by atoms with Gasteiger partial charge in [-0.1, -0.05) is 11.6 Å². The van der Waals surface area contributed by atoms with E-state index in [4.69, 9.17) is 11.6 Å². The van der Waals surface area contributed by atoms with Crippen molar-refractivity contribution in [3.8, 4) is 6.07 Å². The molecule has 0 saturated heterocycles. The number of fused-ring (bicyclic) bond motifs is 1. The summed E-state index contributed by atoms with van der Waals surface area (Å²) in [6.07, 6.45) is -10.2. The Hall–Kier alpha value is -5.21. The van der Waals surface area contributed by atoms with Crippen molar-refractivity contribution in [3.63, 3.8) is 0 Å². The average Bonchev–Trinajstić information content (AvgIpc) is 3.34. The van der Waals surface area contributed by atoms with Gasteiger partial charge in [-0.3, -0.25) is 14.4 Å². The van der Waals surface area contributed by atoms with Crippen LogP contribution in [0, 0.1) is 28.8 Å². The van der Waals surface area contributed by atoms with Crippen LogP contribution in [0.5, 0.6) is 0 Å². The number of halogens is 11. The number of aromatic nitrogens is 2. The zero-order valence-corrected chi connectivity index (χ0v) is 25.8. The largest absolute Gasteiger partial charge is 0.416 e. The van der Waals surface area contributed by atoms with Gasteiger partial charge in [-0.05, 0) is 76.6 Å². The lowest BCUT2D eigenvalue weighted by Crippen LogP contribution is -2.19. The Kier molecular flexibility index (Phi) is 9.08. The van der Waals surface area contributed by atoms with Gasteiger partial charge in [0.15, 0.2) is 5.78 Å². The molecule has 0 unspecified atom stereocenters. The van der Waals surface area contributed by atoms with E-state index in [-0.39, 0.29) is 33.2 Å². The molecule has 0 fully saturated rings. The number of anilines is 1. The summed E-state index contributed by atoms with van der Waals surface area (Å²) < 4.78 is 123. The summed E-state index contributed by atoms with van der Waals surface area (Å²) in [6.45, 7) is 0. The first-order valence-electron chi connectivity index (χ1n) is 13.1. The maximum atomic E-state index is 14.2. The summed E-state index contributed by atoms with van der Waals surface area (Å²) in [5.74, 6) is -7.98. The van der Waals surface area contributed by atoms with Gasteiger partial charge in [0, 0.05) is 16.7 Å². The molecule has 1 N–H and O–H groups in total. The zero-order chi connectivity index (χ0) is 36.2. The van der Waals surface area contributed by atoms with Crippen LogP contribution in [0.4, 0.5) is 45.2 Å². The lowest BCUT2D eigenvalue weighted by atomic mass is 9.94. The van der Waals surface area contributed by atoms with Crippen molar-refractivity contribution in [2.24, 2.45) is 0 Å². The van der Waals surface area contributed by atoms with E-state index >= 15 is 0 Å². The van der Waals surface area contributed by atoms with Gasteiger partial charge in [-0.25, -0.2) is 13.2 Å². The lowest BCUT2D eigenvalue weighted by Gasteiger charge is -2.16. The molecule has 0 aliphatic carbocycles. The van der Waals surface area contributed by atoms with Crippen LogP contribution in [-0.4, -0.2) is 27.4 Å². The van der Waals surface area contributed by atoms with Crippen LogP contribution in [0.3, 0.4) is 0 Å². The molecule has 0 radical (unpaired) electrons. The predicted octanol–water partition coefficient (Wildman–Crippen LogP) is 8.95. The molecule has 0 spiro atoms. The third-order valence-corrected chi connectivity index (χ3v) is 7.73. The van der Waals surface area contributed by atoms with E-state index in [0.29, 0.717) is 28.9 Å². The molecule has 5 rings (SSSR count). The second-order valence-electron chi connectivity index (χ2n) is 10.0. The molecular weight excluding hydrogens is 763 g/mol. The third-order valence-electron chi connectivity index (χ3n) is 6.84. The van der Waals surface area contributed by atoms with E-state index in [1.165, 1.54) is 0 Å².